The molecule has 0 aliphatic rings. The number of rotatable bonds is 4. The molecule has 4 rings (SSSR count). The second-order valence-electron chi connectivity index (χ2n) is 10.3. The minimum atomic E-state index is -5.46. The predicted octanol–water partition coefficient (Wildman–Crippen LogP) is 5.86. The Balaban J connectivity index is 0.00000147. The Morgan fingerprint density at radius 2 is 0.778 bits per heavy atom. The first kappa shape index (κ1) is 43.8. The van der Waals surface area contributed by atoms with Crippen LogP contribution < -0.4 is 23.2 Å². The summed E-state index contributed by atoms with van der Waals surface area (Å²) < 4.78 is 278. The molecule has 0 aliphatic heterocycles. The van der Waals surface area contributed by atoms with E-state index in [-0.39, 0.29) is 60.8 Å². The Hall–Kier alpha value is -4.59. The lowest BCUT2D eigenvalue weighted by Gasteiger charge is -2.17. The zero-order chi connectivity index (χ0) is 41.6. The number of alkyl halides is 18. The third kappa shape index (κ3) is 11.7. The van der Waals surface area contributed by atoms with E-state index >= 15 is 0 Å². The maximum Gasteiger partial charge on any atom is 0.416 e. The molecule has 0 fully saturated rings. The minimum absolute atomic E-state index is 0.0431. The van der Waals surface area contributed by atoms with Gasteiger partial charge in [-0.15, -0.1) is 10.2 Å². The average Bonchev–Trinajstić information content (AvgIpc) is 3.40. The fraction of sp³-hybridized carbons (Fsp3) is 0.214. The van der Waals surface area contributed by atoms with Gasteiger partial charge in [-0.05, 0) is 54.6 Å². The van der Waals surface area contributed by atoms with Crippen molar-refractivity contribution >= 4 is 11.9 Å². The fourth-order valence-corrected chi connectivity index (χ4v) is 4.26. The zero-order valence-electron chi connectivity index (χ0n) is 25.1. The van der Waals surface area contributed by atoms with Gasteiger partial charge in [-0.1, -0.05) is 0 Å². The van der Waals surface area contributed by atoms with Gasteiger partial charge in [0.05, 0.1) is 39.1 Å². The van der Waals surface area contributed by atoms with Crippen LogP contribution in [0.4, 0.5) is 84.7 Å². The molecule has 1 heterocycles. The summed E-state index contributed by atoms with van der Waals surface area (Å²) in [6.45, 7) is 0. The molecule has 296 valence electrons. The Morgan fingerprint density at radius 1 is 0.481 bits per heavy atom. The second-order valence-corrected chi connectivity index (χ2v) is 11.1. The van der Waals surface area contributed by atoms with Crippen LogP contribution in [0.1, 0.15) is 39.2 Å². The van der Waals surface area contributed by atoms with Gasteiger partial charge in [0.15, 0.2) is 0 Å². The van der Waals surface area contributed by atoms with Crippen molar-refractivity contribution in [2.24, 2.45) is 4.99 Å². The van der Waals surface area contributed by atoms with Gasteiger partial charge in [-0.3, -0.25) is 0 Å². The summed E-state index contributed by atoms with van der Waals surface area (Å²) >= 11 is 0. The predicted molar refractivity (Wildman–Crippen MR) is 131 cm³/mol. The molecule has 0 radical (unpaired) electrons. The van der Waals surface area contributed by atoms with Crippen molar-refractivity contribution < 1.29 is 112 Å². The van der Waals surface area contributed by atoms with Gasteiger partial charge in [-0.25, -0.2) is 23.6 Å². The molecular formula is C28H12ClF18N3O4. The Morgan fingerprint density at radius 3 is 1.09 bits per heavy atom. The standard InChI is InChI=1S/C28H12F18N3.ClHO4/c29-23(30,31)13-3-14(24(32,33)34)7-19(6-13)47-12-22-48(20-8-15(25(35,36)37)4-16(9-20)26(38,39)40)1-2-49(22)21-10-17(27(41,42)43)5-18(11-21)28(44,45)46;2-1(3,4)5/h1-12H;(H,2,3,4,5)/q+1;/p-1. The number of hydrogen-bond donors (Lipinski definition) is 0. The van der Waals surface area contributed by atoms with Crippen LogP contribution in [-0.2, 0) is 37.1 Å². The highest BCUT2D eigenvalue weighted by Crippen LogP contribution is 2.40. The van der Waals surface area contributed by atoms with Gasteiger partial charge >= 0.3 is 42.9 Å². The third-order valence-corrected chi connectivity index (χ3v) is 6.46. The van der Waals surface area contributed by atoms with Crippen molar-refractivity contribution in [1.29, 1.82) is 0 Å². The molecule has 26 heteroatoms. The van der Waals surface area contributed by atoms with E-state index in [2.05, 4.69) is 4.99 Å². The molecule has 0 unspecified atom stereocenters. The first-order valence-electron chi connectivity index (χ1n) is 13.2. The van der Waals surface area contributed by atoms with E-state index in [1.54, 1.807) is 0 Å². The van der Waals surface area contributed by atoms with Gasteiger partial charge in [0, 0.05) is 0 Å². The van der Waals surface area contributed by atoms with Gasteiger partial charge in [-0.2, -0.15) is 88.2 Å². The molecule has 7 nitrogen and oxygen atoms in total. The molecule has 0 aliphatic carbocycles. The number of hydrogen-bond acceptors (Lipinski definition) is 5. The van der Waals surface area contributed by atoms with E-state index in [0.29, 0.717) is 21.5 Å². The van der Waals surface area contributed by atoms with Gasteiger partial charge < -0.3 is 0 Å². The molecule has 1 aromatic heterocycles. The molecule has 0 spiro atoms. The van der Waals surface area contributed by atoms with Crippen LogP contribution in [0, 0.1) is 10.2 Å². The van der Waals surface area contributed by atoms with Crippen LogP contribution in [0.2, 0.25) is 0 Å². The highest BCUT2D eigenvalue weighted by molar-refractivity contribution is 5.78. The summed E-state index contributed by atoms with van der Waals surface area (Å²) in [5, 5.41) is 0. The highest BCUT2D eigenvalue weighted by Gasteiger charge is 2.41. The van der Waals surface area contributed by atoms with E-state index < -0.39 is 104 Å². The smallest absolute Gasteiger partial charge is 0.248 e. The largest absolute Gasteiger partial charge is 0.416 e. The number of imidazole rings is 1. The van der Waals surface area contributed by atoms with Crippen LogP contribution >= 0.6 is 0 Å². The van der Waals surface area contributed by atoms with Crippen LogP contribution in [0.25, 0.3) is 11.4 Å². The van der Waals surface area contributed by atoms with Crippen LogP contribution in [0.15, 0.2) is 72.0 Å². The number of aromatic nitrogens is 2. The highest BCUT2D eigenvalue weighted by atomic mass is 35.7. The van der Waals surface area contributed by atoms with Crippen molar-refractivity contribution in [2.75, 3.05) is 0 Å². The number of nitrogens with zero attached hydrogens (tertiary/aromatic N) is 3. The number of aliphatic imine (C=N–C) groups is 1. The lowest BCUT2D eigenvalue weighted by atomic mass is 10.1. The molecule has 0 amide bonds. The maximum absolute atomic E-state index is 13.6. The molecule has 0 saturated carbocycles. The molecular weight excluding hydrogens is 820 g/mol. The van der Waals surface area contributed by atoms with E-state index in [9.17, 15) is 79.0 Å². The average molecular weight is 832 g/mol. The Bertz CT molecular complexity index is 1810. The van der Waals surface area contributed by atoms with E-state index in [0.717, 1.165) is 0 Å². The lowest BCUT2D eigenvalue weighted by molar-refractivity contribution is -2.00. The van der Waals surface area contributed by atoms with Crippen LogP contribution in [-0.4, -0.2) is 10.8 Å². The summed E-state index contributed by atoms with van der Waals surface area (Å²) in [6, 6.07) is -0.552. The number of halogens is 19. The summed E-state index contributed by atoms with van der Waals surface area (Å²) in [7, 11) is -4.94. The molecule has 0 bridgehead atoms. The topological polar surface area (TPSA) is 113 Å². The zero-order valence-corrected chi connectivity index (χ0v) is 25.8. The Kier molecular flexibility index (Phi) is 11.8. The van der Waals surface area contributed by atoms with Gasteiger partial charge in [0.25, 0.3) is 0 Å². The van der Waals surface area contributed by atoms with Crippen molar-refractivity contribution in [3.63, 3.8) is 0 Å². The van der Waals surface area contributed by atoms with Crippen LogP contribution in [0.5, 0.6) is 0 Å². The van der Waals surface area contributed by atoms with E-state index in [4.69, 9.17) is 18.6 Å². The summed E-state index contributed by atoms with van der Waals surface area (Å²) in [6.07, 6.45) is -31.3. The summed E-state index contributed by atoms with van der Waals surface area (Å²) in [5.74, 6) is -1.02. The SMILES string of the molecule is FC(F)(F)c1cc(N=Cc2n(-c3cc(C(F)(F)F)cc(C(F)(F)F)c3)cc[n+]2-c2cc(C(F)(F)F)cc(C(F)(F)F)c2)cc(C(F)(F)F)c1.[O-][Cl+3]([O-])([O-])[O-]. The molecule has 3 aromatic carbocycles. The van der Waals surface area contributed by atoms with Crippen molar-refractivity contribution in [3.8, 4) is 11.4 Å². The molecule has 54 heavy (non-hydrogen) atoms. The number of benzene rings is 3. The van der Waals surface area contributed by atoms with Crippen molar-refractivity contribution in [3.05, 3.63) is 106 Å². The molecule has 0 atom stereocenters. The molecule has 0 saturated heterocycles. The lowest BCUT2D eigenvalue weighted by Crippen LogP contribution is -2.68. The van der Waals surface area contributed by atoms with E-state index in [1.165, 1.54) is 0 Å². The first-order chi connectivity index (χ1) is 24.0. The monoisotopic (exact) mass is 831 g/mol. The quantitative estimate of drug-likeness (QED) is 0.146. The van der Waals surface area contributed by atoms with Crippen LogP contribution in [0.3, 0.4) is 0 Å². The maximum atomic E-state index is 13.6. The Labute approximate surface area is 289 Å². The fourth-order valence-electron chi connectivity index (χ4n) is 4.26. The van der Waals surface area contributed by atoms with E-state index in [1.807, 2.05) is 0 Å². The first-order valence-corrected chi connectivity index (χ1v) is 14.5. The van der Waals surface area contributed by atoms with Gasteiger partial charge in [0.1, 0.15) is 30.0 Å². The van der Waals surface area contributed by atoms with Crippen molar-refractivity contribution in [1.82, 2.24) is 4.57 Å². The summed E-state index contributed by atoms with van der Waals surface area (Å²) in [5.41, 5.74) is -15.0. The summed E-state index contributed by atoms with van der Waals surface area (Å²) in [4.78, 5) is 3.40. The third-order valence-electron chi connectivity index (χ3n) is 6.46. The van der Waals surface area contributed by atoms with Crippen molar-refractivity contribution in [2.45, 2.75) is 37.1 Å². The molecule has 0 N–H and O–H groups in total. The second kappa shape index (κ2) is 14.6. The normalized spacial score (nSPS) is 13.7. The molecule has 4 aromatic rings. The van der Waals surface area contributed by atoms with Gasteiger partial charge in [0.2, 0.25) is 0 Å². The minimum Gasteiger partial charge on any atom is -0.248 e.